The molecule has 0 radical (unpaired) electrons. The first-order valence-electron chi connectivity index (χ1n) is 10.00. The average molecular weight is 360 g/mol. The lowest BCUT2D eigenvalue weighted by molar-refractivity contribution is -0.160. The summed E-state index contributed by atoms with van der Waals surface area (Å²) >= 11 is 0. The lowest BCUT2D eigenvalue weighted by Crippen LogP contribution is -2.61. The summed E-state index contributed by atoms with van der Waals surface area (Å²) < 4.78 is 0. The second-order valence-electron chi connectivity index (χ2n) is 8.07. The number of piperazine rings is 1. The Morgan fingerprint density at radius 1 is 1.08 bits per heavy atom. The number of rotatable bonds is 6. The molecule has 1 atom stereocenters. The summed E-state index contributed by atoms with van der Waals surface area (Å²) in [5.41, 5.74) is 0.0220. The zero-order valence-electron chi connectivity index (χ0n) is 16.2. The Morgan fingerprint density at radius 2 is 1.77 bits per heavy atom. The van der Waals surface area contributed by atoms with Gasteiger partial charge in [0.1, 0.15) is 0 Å². The van der Waals surface area contributed by atoms with E-state index in [0.29, 0.717) is 25.6 Å². The van der Waals surface area contributed by atoms with E-state index in [-0.39, 0.29) is 5.91 Å². The lowest BCUT2D eigenvalue weighted by Gasteiger charge is -2.43. The van der Waals surface area contributed by atoms with Crippen molar-refractivity contribution in [2.75, 3.05) is 45.8 Å². The van der Waals surface area contributed by atoms with Crippen molar-refractivity contribution in [1.82, 2.24) is 14.7 Å². The molecule has 26 heavy (non-hydrogen) atoms. The first-order chi connectivity index (χ1) is 12.5. The molecule has 0 aliphatic carbocycles. The summed E-state index contributed by atoms with van der Waals surface area (Å²) in [4.78, 5) is 19.5. The molecule has 5 nitrogen and oxygen atoms in total. The Labute approximate surface area is 157 Å². The van der Waals surface area contributed by atoms with E-state index in [1.807, 2.05) is 23.1 Å². The Balaban J connectivity index is 1.54. The van der Waals surface area contributed by atoms with Gasteiger partial charge in [-0.15, -0.1) is 0 Å². The van der Waals surface area contributed by atoms with Crippen molar-refractivity contribution in [2.45, 2.75) is 44.8 Å². The van der Waals surface area contributed by atoms with Crippen LogP contribution in [0.5, 0.6) is 0 Å². The van der Waals surface area contributed by atoms with Crippen molar-refractivity contribution in [3.05, 3.63) is 35.9 Å². The molecule has 0 unspecified atom stereocenters. The van der Waals surface area contributed by atoms with E-state index in [4.69, 9.17) is 0 Å². The van der Waals surface area contributed by atoms with Crippen LogP contribution < -0.4 is 0 Å². The van der Waals surface area contributed by atoms with E-state index >= 15 is 0 Å². The summed E-state index contributed by atoms with van der Waals surface area (Å²) in [5.74, 6) is -0.0778. The fourth-order valence-corrected chi connectivity index (χ4v) is 4.14. The smallest absolute Gasteiger partial charge is 0.255 e. The molecule has 2 fully saturated rings. The second-order valence-corrected chi connectivity index (χ2v) is 8.07. The third kappa shape index (κ3) is 4.64. The number of aliphatic hydroxyl groups is 1. The number of carbonyl (C=O) groups excluding carboxylic acids is 1. The fourth-order valence-electron chi connectivity index (χ4n) is 4.14. The van der Waals surface area contributed by atoms with Gasteiger partial charge in [0.05, 0.1) is 0 Å². The van der Waals surface area contributed by atoms with Gasteiger partial charge in [-0.05, 0) is 38.7 Å². The highest BCUT2D eigenvalue weighted by atomic mass is 16.3. The quantitative estimate of drug-likeness (QED) is 0.838. The maximum absolute atomic E-state index is 13.0. The van der Waals surface area contributed by atoms with Crippen LogP contribution in [-0.4, -0.2) is 83.2 Å². The molecule has 3 rings (SSSR count). The minimum absolute atomic E-state index is 0.0778. The highest BCUT2D eigenvalue weighted by Crippen LogP contribution is 2.25. The second kappa shape index (κ2) is 8.51. The maximum atomic E-state index is 13.0. The normalized spacial score (nSPS) is 25.8. The largest absolute Gasteiger partial charge is 0.379 e. The first kappa shape index (κ1) is 19.3. The highest BCUT2D eigenvalue weighted by molar-refractivity contribution is 5.86. The molecule has 1 amide bonds. The van der Waals surface area contributed by atoms with Crippen LogP contribution in [0.15, 0.2) is 30.3 Å². The molecule has 0 aromatic heterocycles. The summed E-state index contributed by atoms with van der Waals surface area (Å²) in [7, 11) is 0. The topological polar surface area (TPSA) is 47.0 Å². The molecule has 2 heterocycles. The van der Waals surface area contributed by atoms with Crippen LogP contribution in [0.3, 0.4) is 0 Å². The minimum atomic E-state index is -1.21. The van der Waals surface area contributed by atoms with Crippen molar-refractivity contribution in [1.29, 1.82) is 0 Å². The number of nitrogens with zero attached hydrogens (tertiary/aromatic N) is 3. The van der Waals surface area contributed by atoms with Gasteiger partial charge < -0.3 is 10.0 Å². The SMILES string of the molecule is CC(C)N1CCN(C[C@]2(O)CCCN(CCc3ccccc3)C2=O)CC1. The molecule has 5 heteroatoms. The molecule has 0 bridgehead atoms. The predicted molar refractivity (Wildman–Crippen MR) is 104 cm³/mol. The zero-order chi connectivity index (χ0) is 18.6. The van der Waals surface area contributed by atoms with Gasteiger partial charge in [0.2, 0.25) is 0 Å². The summed E-state index contributed by atoms with van der Waals surface area (Å²) in [6.07, 6.45) is 2.30. The number of benzene rings is 1. The Kier molecular flexibility index (Phi) is 6.33. The van der Waals surface area contributed by atoms with Crippen LogP contribution >= 0.6 is 0 Å². The summed E-state index contributed by atoms with van der Waals surface area (Å²) in [6.45, 7) is 10.2. The van der Waals surface area contributed by atoms with Gasteiger partial charge in [-0.3, -0.25) is 14.6 Å². The number of carbonyl (C=O) groups is 1. The van der Waals surface area contributed by atoms with Gasteiger partial charge in [-0.25, -0.2) is 0 Å². The Bertz CT molecular complexity index is 584. The molecule has 144 valence electrons. The molecular weight excluding hydrogens is 326 g/mol. The van der Waals surface area contributed by atoms with Crippen LogP contribution in [0.4, 0.5) is 0 Å². The van der Waals surface area contributed by atoms with Gasteiger partial charge in [0.25, 0.3) is 5.91 Å². The number of piperidine rings is 1. The number of amides is 1. The van der Waals surface area contributed by atoms with Crippen molar-refractivity contribution in [2.24, 2.45) is 0 Å². The van der Waals surface area contributed by atoms with Gasteiger partial charge in [0.15, 0.2) is 5.60 Å². The van der Waals surface area contributed by atoms with Crippen LogP contribution in [0, 0.1) is 0 Å². The average Bonchev–Trinajstić information content (AvgIpc) is 2.64. The molecule has 0 saturated carbocycles. The van der Waals surface area contributed by atoms with E-state index in [1.54, 1.807) is 0 Å². The van der Waals surface area contributed by atoms with E-state index in [1.165, 1.54) is 5.56 Å². The van der Waals surface area contributed by atoms with Crippen molar-refractivity contribution in [3.8, 4) is 0 Å². The monoisotopic (exact) mass is 359 g/mol. The van der Waals surface area contributed by atoms with E-state index in [0.717, 1.165) is 45.6 Å². The molecule has 1 aromatic carbocycles. The summed E-state index contributed by atoms with van der Waals surface area (Å²) in [6, 6.07) is 10.8. The standard InChI is InChI=1S/C21H33N3O2/c1-18(2)23-15-13-22(14-16-23)17-21(26)10-6-11-24(20(21)25)12-9-19-7-4-3-5-8-19/h3-5,7-8,18,26H,6,9-17H2,1-2H3/t21-/m1/s1. The zero-order valence-corrected chi connectivity index (χ0v) is 16.2. The van der Waals surface area contributed by atoms with E-state index in [2.05, 4.69) is 35.8 Å². The Hall–Kier alpha value is -1.43. The van der Waals surface area contributed by atoms with Crippen LogP contribution in [0.1, 0.15) is 32.3 Å². The molecule has 1 N–H and O–H groups in total. The maximum Gasteiger partial charge on any atom is 0.255 e. The van der Waals surface area contributed by atoms with Crippen molar-refractivity contribution in [3.63, 3.8) is 0 Å². The van der Waals surface area contributed by atoms with Gasteiger partial charge in [0, 0.05) is 51.9 Å². The molecule has 2 saturated heterocycles. The number of β-amino-alcohol motifs (C(OH)–C–C–N with tert-alkyl or cyclic N) is 1. The third-order valence-corrected chi connectivity index (χ3v) is 5.84. The number of hydrogen-bond donors (Lipinski definition) is 1. The molecule has 0 spiro atoms. The third-order valence-electron chi connectivity index (χ3n) is 5.84. The van der Waals surface area contributed by atoms with Crippen LogP contribution in [-0.2, 0) is 11.2 Å². The number of likely N-dealkylation sites (tertiary alicyclic amines) is 1. The fraction of sp³-hybridized carbons (Fsp3) is 0.667. The highest BCUT2D eigenvalue weighted by Gasteiger charge is 2.43. The van der Waals surface area contributed by atoms with Crippen molar-refractivity contribution < 1.29 is 9.90 Å². The predicted octanol–water partition coefficient (Wildman–Crippen LogP) is 1.61. The van der Waals surface area contributed by atoms with Gasteiger partial charge in [-0.2, -0.15) is 0 Å². The first-order valence-corrected chi connectivity index (χ1v) is 10.00. The van der Waals surface area contributed by atoms with Gasteiger partial charge in [-0.1, -0.05) is 30.3 Å². The van der Waals surface area contributed by atoms with E-state index < -0.39 is 5.60 Å². The number of hydrogen-bond acceptors (Lipinski definition) is 4. The molecule has 2 aliphatic rings. The molecular formula is C21H33N3O2. The van der Waals surface area contributed by atoms with Crippen LogP contribution in [0.25, 0.3) is 0 Å². The lowest BCUT2D eigenvalue weighted by atomic mass is 9.90. The summed E-state index contributed by atoms with van der Waals surface area (Å²) in [5, 5.41) is 11.1. The molecule has 2 aliphatic heterocycles. The van der Waals surface area contributed by atoms with Gasteiger partial charge >= 0.3 is 0 Å². The van der Waals surface area contributed by atoms with E-state index in [9.17, 15) is 9.90 Å². The molecule has 1 aromatic rings. The minimum Gasteiger partial charge on any atom is -0.379 e. The van der Waals surface area contributed by atoms with Crippen molar-refractivity contribution >= 4 is 5.91 Å². The Morgan fingerprint density at radius 3 is 2.42 bits per heavy atom. The van der Waals surface area contributed by atoms with Crippen LogP contribution in [0.2, 0.25) is 0 Å².